The van der Waals surface area contributed by atoms with Crippen molar-refractivity contribution in [1.29, 1.82) is 0 Å². The number of pyridine rings is 1. The first-order chi connectivity index (χ1) is 7.24. The zero-order valence-corrected chi connectivity index (χ0v) is 9.61. The SMILES string of the molecule is COC(=O)c1cncc2cccc(Br)c12. The van der Waals surface area contributed by atoms with E-state index in [4.69, 9.17) is 4.74 Å². The molecule has 0 saturated heterocycles. The van der Waals surface area contributed by atoms with E-state index in [9.17, 15) is 4.79 Å². The fourth-order valence-electron chi connectivity index (χ4n) is 1.45. The molecule has 2 rings (SSSR count). The highest BCUT2D eigenvalue weighted by Gasteiger charge is 2.12. The Morgan fingerprint density at radius 2 is 2.20 bits per heavy atom. The van der Waals surface area contributed by atoms with Crippen molar-refractivity contribution >= 4 is 32.7 Å². The molecule has 0 aliphatic heterocycles. The molecule has 0 N–H and O–H groups in total. The standard InChI is InChI=1S/C11H8BrNO2/c1-15-11(14)8-6-13-5-7-3-2-4-9(12)10(7)8/h2-6H,1H3. The molecule has 0 spiro atoms. The van der Waals surface area contributed by atoms with Crippen molar-refractivity contribution in [2.75, 3.05) is 7.11 Å². The lowest BCUT2D eigenvalue weighted by atomic mass is 10.1. The van der Waals surface area contributed by atoms with Gasteiger partial charge >= 0.3 is 5.97 Å². The Kier molecular flexibility index (Phi) is 2.68. The van der Waals surface area contributed by atoms with Gasteiger partial charge in [-0.25, -0.2) is 4.79 Å². The van der Waals surface area contributed by atoms with Gasteiger partial charge in [0, 0.05) is 27.6 Å². The summed E-state index contributed by atoms with van der Waals surface area (Å²) in [4.78, 5) is 15.5. The van der Waals surface area contributed by atoms with Gasteiger partial charge in [-0.2, -0.15) is 0 Å². The third-order valence-electron chi connectivity index (χ3n) is 2.14. The van der Waals surface area contributed by atoms with E-state index in [2.05, 4.69) is 20.9 Å². The Balaban J connectivity index is 2.80. The minimum absolute atomic E-state index is 0.375. The van der Waals surface area contributed by atoms with Crippen LogP contribution in [0.4, 0.5) is 0 Å². The number of esters is 1. The first-order valence-corrected chi connectivity index (χ1v) is 5.14. The zero-order chi connectivity index (χ0) is 10.8. The summed E-state index contributed by atoms with van der Waals surface area (Å²) in [6, 6.07) is 5.68. The number of rotatable bonds is 1. The average molecular weight is 266 g/mol. The number of benzene rings is 1. The first-order valence-electron chi connectivity index (χ1n) is 4.34. The van der Waals surface area contributed by atoms with Crippen molar-refractivity contribution < 1.29 is 9.53 Å². The zero-order valence-electron chi connectivity index (χ0n) is 8.03. The van der Waals surface area contributed by atoms with Gasteiger partial charge in [-0.3, -0.25) is 4.98 Å². The molecule has 0 amide bonds. The predicted molar refractivity (Wildman–Crippen MR) is 60.8 cm³/mol. The van der Waals surface area contributed by atoms with Gasteiger partial charge in [-0.05, 0) is 6.07 Å². The summed E-state index contributed by atoms with van der Waals surface area (Å²) >= 11 is 3.41. The lowest BCUT2D eigenvalue weighted by molar-refractivity contribution is 0.0602. The molecule has 15 heavy (non-hydrogen) atoms. The molecule has 1 aromatic heterocycles. The number of aromatic nitrogens is 1. The highest BCUT2D eigenvalue weighted by atomic mass is 79.9. The predicted octanol–water partition coefficient (Wildman–Crippen LogP) is 2.78. The molecule has 4 heteroatoms. The van der Waals surface area contributed by atoms with Crippen LogP contribution in [-0.2, 0) is 4.74 Å². The highest BCUT2D eigenvalue weighted by Crippen LogP contribution is 2.26. The van der Waals surface area contributed by atoms with Gasteiger partial charge in [-0.1, -0.05) is 28.1 Å². The normalized spacial score (nSPS) is 10.3. The van der Waals surface area contributed by atoms with E-state index >= 15 is 0 Å². The number of nitrogens with zero attached hydrogens (tertiary/aromatic N) is 1. The van der Waals surface area contributed by atoms with Crippen LogP contribution in [0, 0.1) is 0 Å². The molecule has 3 nitrogen and oxygen atoms in total. The summed E-state index contributed by atoms with van der Waals surface area (Å²) < 4.78 is 5.56. The molecule has 2 aromatic rings. The van der Waals surface area contributed by atoms with Crippen LogP contribution >= 0.6 is 15.9 Å². The largest absolute Gasteiger partial charge is 0.465 e. The summed E-state index contributed by atoms with van der Waals surface area (Å²) in [6.07, 6.45) is 3.23. The molecule has 0 bridgehead atoms. The molecule has 0 aliphatic rings. The van der Waals surface area contributed by atoms with E-state index in [0.29, 0.717) is 5.56 Å². The molecule has 0 radical (unpaired) electrons. The van der Waals surface area contributed by atoms with Crippen LogP contribution in [0.25, 0.3) is 10.8 Å². The van der Waals surface area contributed by atoms with Crippen molar-refractivity contribution in [3.05, 3.63) is 40.6 Å². The first kappa shape index (κ1) is 10.1. The van der Waals surface area contributed by atoms with Gasteiger partial charge in [-0.15, -0.1) is 0 Å². The van der Waals surface area contributed by atoms with Crippen LogP contribution in [0.15, 0.2) is 35.1 Å². The maximum Gasteiger partial charge on any atom is 0.340 e. The minimum atomic E-state index is -0.375. The van der Waals surface area contributed by atoms with Crippen molar-refractivity contribution in [2.45, 2.75) is 0 Å². The Bertz CT molecular complexity index is 520. The topological polar surface area (TPSA) is 39.2 Å². The summed E-state index contributed by atoms with van der Waals surface area (Å²) in [5.41, 5.74) is 0.475. The fraction of sp³-hybridized carbons (Fsp3) is 0.0909. The van der Waals surface area contributed by atoms with Crippen molar-refractivity contribution in [3.63, 3.8) is 0 Å². The number of ether oxygens (including phenoxy) is 1. The van der Waals surface area contributed by atoms with Crippen LogP contribution in [0.2, 0.25) is 0 Å². The summed E-state index contributed by atoms with van der Waals surface area (Å²) in [5, 5.41) is 1.74. The van der Waals surface area contributed by atoms with E-state index in [-0.39, 0.29) is 5.97 Å². The number of hydrogen-bond acceptors (Lipinski definition) is 3. The number of carbonyl (C=O) groups excluding carboxylic acids is 1. The Morgan fingerprint density at radius 1 is 1.40 bits per heavy atom. The minimum Gasteiger partial charge on any atom is -0.465 e. The quantitative estimate of drug-likeness (QED) is 0.745. The van der Waals surface area contributed by atoms with Gasteiger partial charge in [0.25, 0.3) is 0 Å². The van der Waals surface area contributed by atoms with Gasteiger partial charge in [0.05, 0.1) is 12.7 Å². The van der Waals surface area contributed by atoms with E-state index in [1.807, 2.05) is 18.2 Å². The Morgan fingerprint density at radius 3 is 2.93 bits per heavy atom. The molecular formula is C11H8BrNO2. The molecule has 0 unspecified atom stereocenters. The third kappa shape index (κ3) is 1.72. The van der Waals surface area contributed by atoms with Crippen molar-refractivity contribution in [3.8, 4) is 0 Å². The lowest BCUT2D eigenvalue weighted by Gasteiger charge is -2.05. The fourth-order valence-corrected chi connectivity index (χ4v) is 2.05. The molecule has 0 atom stereocenters. The van der Waals surface area contributed by atoms with E-state index in [1.165, 1.54) is 13.3 Å². The van der Waals surface area contributed by atoms with Crippen LogP contribution in [0.5, 0.6) is 0 Å². The van der Waals surface area contributed by atoms with Crippen LogP contribution in [0.3, 0.4) is 0 Å². The van der Waals surface area contributed by atoms with E-state index in [1.54, 1.807) is 6.20 Å². The van der Waals surface area contributed by atoms with Crippen molar-refractivity contribution in [1.82, 2.24) is 4.98 Å². The van der Waals surface area contributed by atoms with Gasteiger partial charge in [0.15, 0.2) is 0 Å². The number of halogens is 1. The smallest absolute Gasteiger partial charge is 0.340 e. The maximum absolute atomic E-state index is 11.5. The number of carbonyl (C=O) groups is 1. The Labute approximate surface area is 95.2 Å². The second-order valence-corrected chi connectivity index (χ2v) is 3.87. The molecule has 0 saturated carbocycles. The second-order valence-electron chi connectivity index (χ2n) is 3.02. The summed E-state index contributed by atoms with van der Waals surface area (Å²) in [7, 11) is 1.36. The van der Waals surface area contributed by atoms with Crippen LogP contribution in [0.1, 0.15) is 10.4 Å². The van der Waals surface area contributed by atoms with E-state index < -0.39 is 0 Å². The molecule has 76 valence electrons. The maximum atomic E-state index is 11.5. The van der Waals surface area contributed by atoms with E-state index in [0.717, 1.165) is 15.2 Å². The Hall–Kier alpha value is -1.42. The van der Waals surface area contributed by atoms with Crippen molar-refractivity contribution in [2.24, 2.45) is 0 Å². The summed E-state index contributed by atoms with van der Waals surface area (Å²) in [6.45, 7) is 0. The van der Waals surface area contributed by atoms with Gasteiger partial charge < -0.3 is 4.74 Å². The monoisotopic (exact) mass is 265 g/mol. The highest BCUT2D eigenvalue weighted by molar-refractivity contribution is 9.10. The molecule has 1 aromatic carbocycles. The number of hydrogen-bond donors (Lipinski definition) is 0. The lowest BCUT2D eigenvalue weighted by Crippen LogP contribution is -2.02. The van der Waals surface area contributed by atoms with Crippen LogP contribution in [-0.4, -0.2) is 18.1 Å². The van der Waals surface area contributed by atoms with Gasteiger partial charge in [0.2, 0.25) is 0 Å². The molecule has 1 heterocycles. The second kappa shape index (κ2) is 3.98. The average Bonchev–Trinajstić information content (AvgIpc) is 2.28. The molecule has 0 aliphatic carbocycles. The number of fused-ring (bicyclic) bond motifs is 1. The summed E-state index contributed by atoms with van der Waals surface area (Å²) in [5.74, 6) is -0.375. The number of methoxy groups -OCH3 is 1. The van der Waals surface area contributed by atoms with Crippen LogP contribution < -0.4 is 0 Å². The van der Waals surface area contributed by atoms with Gasteiger partial charge in [0.1, 0.15) is 0 Å². The third-order valence-corrected chi connectivity index (χ3v) is 2.80. The molecule has 0 fully saturated rings. The molecular weight excluding hydrogens is 258 g/mol.